The summed E-state index contributed by atoms with van der Waals surface area (Å²) in [6.07, 6.45) is 2.87. The average Bonchev–Trinajstić information content (AvgIpc) is 3.11. The van der Waals surface area contributed by atoms with Gasteiger partial charge in [0.15, 0.2) is 12.2 Å². The van der Waals surface area contributed by atoms with E-state index in [2.05, 4.69) is 10.3 Å². The number of amides is 1. The molecule has 1 N–H and O–H groups in total. The molecule has 1 amide bonds. The van der Waals surface area contributed by atoms with Crippen LogP contribution in [0.3, 0.4) is 0 Å². The molecule has 8 heteroatoms. The number of rotatable bonds is 4. The third-order valence-electron chi connectivity index (χ3n) is 4.27. The van der Waals surface area contributed by atoms with Crippen LogP contribution in [-0.4, -0.2) is 48.2 Å². The van der Waals surface area contributed by atoms with Gasteiger partial charge >= 0.3 is 5.97 Å². The fourth-order valence-corrected chi connectivity index (χ4v) is 2.72. The van der Waals surface area contributed by atoms with E-state index in [0.717, 1.165) is 0 Å². The third-order valence-corrected chi connectivity index (χ3v) is 4.27. The molecule has 1 aliphatic rings. The minimum absolute atomic E-state index is 0.0240. The summed E-state index contributed by atoms with van der Waals surface area (Å²) < 4.78 is 15.9. The van der Waals surface area contributed by atoms with Crippen LogP contribution in [0, 0.1) is 0 Å². The lowest BCUT2D eigenvalue weighted by molar-refractivity contribution is -0.143. The molecule has 3 rings (SSSR count). The molecule has 8 nitrogen and oxygen atoms in total. The largest absolute Gasteiger partial charge is 0.496 e. The summed E-state index contributed by atoms with van der Waals surface area (Å²) >= 11 is 0. The van der Waals surface area contributed by atoms with Crippen molar-refractivity contribution < 1.29 is 23.5 Å². The molecule has 0 saturated carbocycles. The summed E-state index contributed by atoms with van der Waals surface area (Å²) in [4.78, 5) is 29.4. The topological polar surface area (TPSA) is 93.9 Å². The van der Waals surface area contributed by atoms with Crippen LogP contribution in [0.25, 0.3) is 11.3 Å². The predicted octanol–water partition coefficient (Wildman–Crippen LogP) is 2.13. The number of carbonyl (C=O) groups is 2. The number of methoxy groups -OCH3 is 1. The maximum atomic E-state index is 12.9. The number of hydrogen-bond acceptors (Lipinski definition) is 7. The van der Waals surface area contributed by atoms with Crippen LogP contribution in [0.5, 0.6) is 5.75 Å². The molecule has 132 valence electrons. The van der Waals surface area contributed by atoms with Crippen LogP contribution >= 0.6 is 0 Å². The fourth-order valence-electron chi connectivity index (χ4n) is 2.72. The fraction of sp³-hybridized carbons (Fsp3) is 0.353. The maximum Gasteiger partial charge on any atom is 0.302 e. The van der Waals surface area contributed by atoms with Crippen LogP contribution in [0.1, 0.15) is 24.2 Å². The van der Waals surface area contributed by atoms with Crippen LogP contribution in [0.2, 0.25) is 0 Å². The average molecular weight is 345 g/mol. The number of nitrogens with one attached hydrogen (secondary N) is 1. The summed E-state index contributed by atoms with van der Waals surface area (Å²) in [5.74, 6) is 0.429. The van der Waals surface area contributed by atoms with Crippen LogP contribution < -0.4 is 10.1 Å². The molecule has 0 saturated heterocycles. The van der Waals surface area contributed by atoms with E-state index >= 15 is 0 Å². The molecule has 1 unspecified atom stereocenters. The van der Waals surface area contributed by atoms with Gasteiger partial charge in [-0.15, -0.1) is 0 Å². The zero-order valence-electron chi connectivity index (χ0n) is 14.5. The Morgan fingerprint density at radius 2 is 2.16 bits per heavy atom. The lowest BCUT2D eigenvalue weighted by atomic mass is 9.98. The summed E-state index contributed by atoms with van der Waals surface area (Å²) in [7, 11) is 3.19. The summed E-state index contributed by atoms with van der Waals surface area (Å²) in [6, 6.07) is 3.43. The molecule has 1 aromatic heterocycles. The van der Waals surface area contributed by atoms with E-state index in [1.165, 1.54) is 25.3 Å². The van der Waals surface area contributed by atoms with Crippen molar-refractivity contribution in [2.45, 2.75) is 19.5 Å². The Hall–Kier alpha value is -3.03. The summed E-state index contributed by atoms with van der Waals surface area (Å²) in [6.45, 7) is 3.14. The Morgan fingerprint density at radius 1 is 1.40 bits per heavy atom. The van der Waals surface area contributed by atoms with Gasteiger partial charge in [-0.05, 0) is 13.0 Å². The summed E-state index contributed by atoms with van der Waals surface area (Å²) in [5, 5.41) is 3.26. The van der Waals surface area contributed by atoms with Gasteiger partial charge in [-0.3, -0.25) is 9.59 Å². The van der Waals surface area contributed by atoms with Crippen LogP contribution in [0.15, 0.2) is 29.1 Å². The minimum Gasteiger partial charge on any atom is -0.496 e. The first-order valence-electron chi connectivity index (χ1n) is 7.66. The van der Waals surface area contributed by atoms with Crippen molar-refractivity contribution in [3.63, 3.8) is 0 Å². The van der Waals surface area contributed by atoms with E-state index in [-0.39, 0.29) is 12.5 Å². The number of ether oxygens (including phenoxy) is 2. The number of oxazole rings is 1. The minimum atomic E-state index is -0.867. The highest BCUT2D eigenvalue weighted by Gasteiger charge is 2.40. The van der Waals surface area contributed by atoms with Gasteiger partial charge in [0.25, 0.3) is 5.91 Å². The van der Waals surface area contributed by atoms with Crippen molar-refractivity contribution in [3.05, 3.63) is 30.3 Å². The molecule has 0 spiro atoms. The molecular formula is C17H19N3O5. The molecule has 0 radical (unpaired) electrons. The van der Waals surface area contributed by atoms with Crippen molar-refractivity contribution >= 4 is 17.6 Å². The SMILES string of the molecule is COc1cc2c(cc1-c1cnco1)C(=O)N(C)C(C)(COC(C)=O)N2. The van der Waals surface area contributed by atoms with Gasteiger partial charge in [-0.25, -0.2) is 4.98 Å². The second-order valence-corrected chi connectivity index (χ2v) is 6.01. The molecular weight excluding hydrogens is 326 g/mol. The van der Waals surface area contributed by atoms with Gasteiger partial charge < -0.3 is 24.1 Å². The second kappa shape index (κ2) is 6.12. The Bertz CT molecular complexity index is 818. The van der Waals surface area contributed by atoms with E-state index in [1.807, 2.05) is 0 Å². The van der Waals surface area contributed by atoms with E-state index in [0.29, 0.717) is 28.3 Å². The Morgan fingerprint density at radius 3 is 2.76 bits per heavy atom. The van der Waals surface area contributed by atoms with E-state index in [9.17, 15) is 9.59 Å². The first-order chi connectivity index (χ1) is 11.9. The maximum absolute atomic E-state index is 12.9. The lowest BCUT2D eigenvalue weighted by Gasteiger charge is -2.43. The van der Waals surface area contributed by atoms with Gasteiger partial charge in [-0.2, -0.15) is 0 Å². The quantitative estimate of drug-likeness (QED) is 0.848. The van der Waals surface area contributed by atoms with E-state index < -0.39 is 11.6 Å². The number of aromatic nitrogens is 1. The highest BCUT2D eigenvalue weighted by molar-refractivity contribution is 6.03. The van der Waals surface area contributed by atoms with E-state index in [1.54, 1.807) is 32.3 Å². The second-order valence-electron chi connectivity index (χ2n) is 6.01. The highest BCUT2D eigenvalue weighted by Crippen LogP contribution is 2.39. The number of hydrogen-bond donors (Lipinski definition) is 1. The molecule has 25 heavy (non-hydrogen) atoms. The van der Waals surface area contributed by atoms with Crippen molar-refractivity contribution in [3.8, 4) is 17.1 Å². The van der Waals surface area contributed by atoms with Crippen LogP contribution in [-0.2, 0) is 9.53 Å². The van der Waals surface area contributed by atoms with Gasteiger partial charge in [0.1, 0.15) is 18.0 Å². The number of fused-ring (bicyclic) bond motifs is 1. The molecule has 1 atom stereocenters. The molecule has 1 aliphatic heterocycles. The number of carbonyl (C=O) groups excluding carboxylic acids is 2. The summed E-state index contributed by atoms with van der Waals surface area (Å²) in [5.41, 5.74) is 0.827. The van der Waals surface area contributed by atoms with Crippen LogP contribution in [0.4, 0.5) is 5.69 Å². The number of benzene rings is 1. The molecule has 2 heterocycles. The molecule has 0 fully saturated rings. The highest BCUT2D eigenvalue weighted by atomic mass is 16.5. The standard InChI is InChI=1S/C17H19N3O5/c1-10(21)24-8-17(2)19-13-6-14(23-4)12(15-7-18-9-25-15)5-11(13)16(22)20(17)3/h5-7,9,19H,8H2,1-4H3. The molecule has 1 aromatic carbocycles. The monoisotopic (exact) mass is 345 g/mol. The first kappa shape index (κ1) is 16.8. The number of nitrogens with zero attached hydrogens (tertiary/aromatic N) is 2. The van der Waals surface area contributed by atoms with Crippen molar-refractivity contribution in [2.75, 3.05) is 26.1 Å². The van der Waals surface area contributed by atoms with Gasteiger partial charge in [0, 0.05) is 20.0 Å². The molecule has 0 aliphatic carbocycles. The smallest absolute Gasteiger partial charge is 0.302 e. The van der Waals surface area contributed by atoms with Gasteiger partial charge in [-0.1, -0.05) is 0 Å². The zero-order chi connectivity index (χ0) is 18.2. The Labute approximate surface area is 144 Å². The zero-order valence-corrected chi connectivity index (χ0v) is 14.5. The Kier molecular flexibility index (Phi) is 4.12. The van der Waals surface area contributed by atoms with Crippen molar-refractivity contribution in [1.29, 1.82) is 0 Å². The van der Waals surface area contributed by atoms with Gasteiger partial charge in [0.2, 0.25) is 0 Å². The molecule has 2 aromatic rings. The number of likely N-dealkylation sites (N-methyl/N-ethyl adjacent to an activating group) is 1. The van der Waals surface area contributed by atoms with Crippen molar-refractivity contribution in [2.24, 2.45) is 0 Å². The van der Waals surface area contributed by atoms with Gasteiger partial charge in [0.05, 0.1) is 30.1 Å². The van der Waals surface area contributed by atoms with E-state index in [4.69, 9.17) is 13.9 Å². The van der Waals surface area contributed by atoms with Crippen molar-refractivity contribution in [1.82, 2.24) is 9.88 Å². The normalized spacial score (nSPS) is 19.2. The number of esters is 1. The lowest BCUT2D eigenvalue weighted by Crippen LogP contribution is -2.59. The first-order valence-corrected chi connectivity index (χ1v) is 7.66. The predicted molar refractivity (Wildman–Crippen MR) is 89.2 cm³/mol. The molecule has 0 bridgehead atoms. The number of anilines is 1. The Balaban J connectivity index is 2.05. The third kappa shape index (κ3) is 2.90.